The van der Waals surface area contributed by atoms with Crippen molar-refractivity contribution in [2.75, 3.05) is 25.0 Å². The number of rotatable bonds is 5. The topological polar surface area (TPSA) is 84.2 Å². The van der Waals surface area contributed by atoms with Crippen molar-refractivity contribution < 1.29 is 9.21 Å². The first-order valence-electron chi connectivity index (χ1n) is 8.56. The van der Waals surface area contributed by atoms with E-state index >= 15 is 0 Å². The summed E-state index contributed by atoms with van der Waals surface area (Å²) in [6.45, 7) is 2.05. The maximum Gasteiger partial charge on any atom is 0.248 e. The van der Waals surface area contributed by atoms with Gasteiger partial charge in [0.25, 0.3) is 0 Å². The van der Waals surface area contributed by atoms with Gasteiger partial charge in [0.2, 0.25) is 17.7 Å². The van der Waals surface area contributed by atoms with Gasteiger partial charge < -0.3 is 9.73 Å². The molecule has 4 rings (SSSR count). The molecule has 0 aromatic carbocycles. The van der Waals surface area contributed by atoms with E-state index in [1.165, 1.54) is 0 Å². The summed E-state index contributed by atoms with van der Waals surface area (Å²) in [4.78, 5) is 18.3. The summed E-state index contributed by atoms with van der Waals surface area (Å²) in [6.07, 6.45) is 5.14. The van der Waals surface area contributed by atoms with Gasteiger partial charge in [-0.05, 0) is 49.5 Å². The van der Waals surface area contributed by atoms with Crippen molar-refractivity contribution in [2.45, 2.75) is 18.8 Å². The van der Waals surface area contributed by atoms with E-state index in [1.54, 1.807) is 29.8 Å². The zero-order valence-electron chi connectivity index (χ0n) is 14.2. The molecule has 1 amide bonds. The highest BCUT2D eigenvalue weighted by Gasteiger charge is 2.26. The minimum absolute atomic E-state index is 0.0195. The number of pyridine rings is 1. The highest BCUT2D eigenvalue weighted by atomic mass is 32.1. The Morgan fingerprint density at radius 1 is 1.31 bits per heavy atom. The Hall–Kier alpha value is -2.58. The second-order valence-electron chi connectivity index (χ2n) is 6.30. The largest absolute Gasteiger partial charge is 0.420 e. The average Bonchev–Trinajstić information content (AvgIpc) is 3.35. The second kappa shape index (κ2) is 7.76. The third-order valence-electron chi connectivity index (χ3n) is 4.46. The van der Waals surface area contributed by atoms with Crippen molar-refractivity contribution >= 4 is 22.9 Å². The van der Waals surface area contributed by atoms with Crippen molar-refractivity contribution in [2.24, 2.45) is 0 Å². The number of carbonyl (C=O) groups excluding carboxylic acids is 1. The smallest absolute Gasteiger partial charge is 0.248 e. The molecule has 134 valence electrons. The molecule has 3 aromatic rings. The molecular formula is C18H19N5O2S. The van der Waals surface area contributed by atoms with Crippen LogP contribution in [-0.4, -0.2) is 45.6 Å². The molecule has 0 radical (unpaired) electrons. The summed E-state index contributed by atoms with van der Waals surface area (Å²) in [7, 11) is 0. The van der Waals surface area contributed by atoms with Crippen molar-refractivity contribution in [3.8, 4) is 11.5 Å². The van der Waals surface area contributed by atoms with Gasteiger partial charge in [0, 0.05) is 23.1 Å². The number of amides is 1. The first-order valence-corrected chi connectivity index (χ1v) is 9.50. The van der Waals surface area contributed by atoms with Crippen LogP contribution < -0.4 is 5.32 Å². The fourth-order valence-corrected chi connectivity index (χ4v) is 3.71. The van der Waals surface area contributed by atoms with Gasteiger partial charge in [0.15, 0.2) is 0 Å². The number of nitrogens with zero attached hydrogens (tertiary/aromatic N) is 4. The van der Waals surface area contributed by atoms with E-state index in [2.05, 4.69) is 25.4 Å². The normalized spacial score (nSPS) is 15.8. The number of carbonyl (C=O) groups is 1. The van der Waals surface area contributed by atoms with Crippen molar-refractivity contribution in [3.05, 3.63) is 47.2 Å². The number of aromatic nitrogens is 3. The lowest BCUT2D eigenvalue weighted by atomic mass is 9.97. The molecule has 1 saturated heterocycles. The maximum atomic E-state index is 12.1. The van der Waals surface area contributed by atoms with Gasteiger partial charge in [-0.1, -0.05) is 0 Å². The summed E-state index contributed by atoms with van der Waals surface area (Å²) in [5, 5.41) is 15.2. The quantitative estimate of drug-likeness (QED) is 0.744. The van der Waals surface area contributed by atoms with E-state index in [-0.39, 0.29) is 11.8 Å². The molecule has 1 aliphatic rings. The van der Waals surface area contributed by atoms with Gasteiger partial charge in [-0.25, -0.2) is 0 Å². The average molecular weight is 369 g/mol. The van der Waals surface area contributed by atoms with E-state index in [1.807, 2.05) is 22.9 Å². The summed E-state index contributed by atoms with van der Waals surface area (Å²) in [5.41, 5.74) is 1.69. The summed E-state index contributed by atoms with van der Waals surface area (Å²) < 4.78 is 5.84. The Bertz CT molecular complexity index is 842. The SMILES string of the molecule is O=C(CN1CCC(c2nnc(-c3ccsc3)o2)CC1)Nc1cccnc1. The molecule has 0 atom stereocenters. The number of thiophene rings is 1. The van der Waals surface area contributed by atoms with Crippen LogP contribution in [0.25, 0.3) is 11.5 Å². The van der Waals surface area contributed by atoms with Crippen LogP contribution in [0.1, 0.15) is 24.7 Å². The molecule has 3 aromatic heterocycles. The summed E-state index contributed by atoms with van der Waals surface area (Å²) >= 11 is 1.61. The molecular weight excluding hydrogens is 350 g/mol. The van der Waals surface area contributed by atoms with E-state index in [4.69, 9.17) is 4.42 Å². The van der Waals surface area contributed by atoms with Crippen LogP contribution in [0.3, 0.4) is 0 Å². The molecule has 4 heterocycles. The maximum absolute atomic E-state index is 12.1. The Kier molecular flexibility index (Phi) is 5.03. The van der Waals surface area contributed by atoms with Crippen molar-refractivity contribution in [1.82, 2.24) is 20.1 Å². The van der Waals surface area contributed by atoms with E-state index < -0.39 is 0 Å². The lowest BCUT2D eigenvalue weighted by Gasteiger charge is -2.29. The lowest BCUT2D eigenvalue weighted by molar-refractivity contribution is -0.117. The second-order valence-corrected chi connectivity index (χ2v) is 7.08. The number of hydrogen-bond donors (Lipinski definition) is 1. The van der Waals surface area contributed by atoms with Gasteiger partial charge in [0.1, 0.15) is 0 Å². The van der Waals surface area contributed by atoms with Crippen molar-refractivity contribution in [3.63, 3.8) is 0 Å². The molecule has 1 fully saturated rings. The van der Waals surface area contributed by atoms with E-state index in [0.717, 1.165) is 37.2 Å². The van der Waals surface area contributed by atoms with Crippen LogP contribution >= 0.6 is 11.3 Å². The molecule has 8 heteroatoms. The molecule has 0 saturated carbocycles. The third kappa shape index (κ3) is 3.97. The fraction of sp³-hybridized carbons (Fsp3) is 0.333. The predicted molar refractivity (Wildman–Crippen MR) is 98.9 cm³/mol. The first kappa shape index (κ1) is 16.9. The Morgan fingerprint density at radius 3 is 2.92 bits per heavy atom. The highest BCUT2D eigenvalue weighted by molar-refractivity contribution is 7.08. The Labute approximate surface area is 155 Å². The fourth-order valence-electron chi connectivity index (χ4n) is 3.08. The standard InChI is InChI=1S/C18H19N5O2S/c24-16(20-15-2-1-6-19-10-15)11-23-7-3-13(4-8-23)17-21-22-18(25-17)14-5-9-26-12-14/h1-2,5-6,9-10,12-13H,3-4,7-8,11H2,(H,20,24). The van der Waals surface area contributed by atoms with Crippen LogP contribution in [0, 0.1) is 0 Å². The van der Waals surface area contributed by atoms with Crippen LogP contribution in [0.15, 0.2) is 45.8 Å². The minimum Gasteiger partial charge on any atom is -0.420 e. The zero-order valence-corrected chi connectivity index (χ0v) is 15.0. The highest BCUT2D eigenvalue weighted by Crippen LogP contribution is 2.29. The van der Waals surface area contributed by atoms with Crippen LogP contribution in [-0.2, 0) is 4.79 Å². The van der Waals surface area contributed by atoms with Crippen molar-refractivity contribution in [1.29, 1.82) is 0 Å². The van der Waals surface area contributed by atoms with Gasteiger partial charge in [-0.15, -0.1) is 10.2 Å². The zero-order chi connectivity index (χ0) is 17.8. The number of hydrogen-bond acceptors (Lipinski definition) is 7. The minimum atomic E-state index is -0.0195. The number of nitrogens with one attached hydrogen (secondary N) is 1. The number of anilines is 1. The van der Waals surface area contributed by atoms with Crippen LogP contribution in [0.5, 0.6) is 0 Å². The first-order chi connectivity index (χ1) is 12.8. The van der Waals surface area contributed by atoms with E-state index in [9.17, 15) is 4.79 Å². The number of likely N-dealkylation sites (tertiary alicyclic amines) is 1. The lowest BCUT2D eigenvalue weighted by Crippen LogP contribution is -2.38. The van der Waals surface area contributed by atoms with Gasteiger partial charge in [0.05, 0.1) is 18.4 Å². The van der Waals surface area contributed by atoms with Gasteiger partial charge >= 0.3 is 0 Å². The molecule has 0 aliphatic carbocycles. The van der Waals surface area contributed by atoms with E-state index in [0.29, 0.717) is 18.3 Å². The van der Waals surface area contributed by atoms with Gasteiger partial charge in [-0.2, -0.15) is 11.3 Å². The predicted octanol–water partition coefficient (Wildman–Crippen LogP) is 3.01. The molecule has 7 nitrogen and oxygen atoms in total. The van der Waals surface area contributed by atoms with Crippen LogP contribution in [0.4, 0.5) is 5.69 Å². The summed E-state index contributed by atoms with van der Waals surface area (Å²) in [5.74, 6) is 1.52. The third-order valence-corrected chi connectivity index (χ3v) is 5.14. The molecule has 0 unspecified atom stereocenters. The molecule has 26 heavy (non-hydrogen) atoms. The molecule has 1 aliphatic heterocycles. The van der Waals surface area contributed by atoms with Crippen LogP contribution in [0.2, 0.25) is 0 Å². The molecule has 1 N–H and O–H groups in total. The number of piperidine rings is 1. The molecule has 0 bridgehead atoms. The molecule has 0 spiro atoms. The monoisotopic (exact) mass is 369 g/mol. The summed E-state index contributed by atoms with van der Waals surface area (Å²) in [6, 6.07) is 5.61. The Balaban J connectivity index is 1.28. The Morgan fingerprint density at radius 2 is 2.19 bits per heavy atom. The van der Waals surface area contributed by atoms with Gasteiger partial charge in [-0.3, -0.25) is 14.7 Å².